The van der Waals surface area contributed by atoms with Gasteiger partial charge in [0.2, 0.25) is 5.91 Å². The Morgan fingerprint density at radius 1 is 1.22 bits per heavy atom. The highest BCUT2D eigenvalue weighted by atomic mass is 32.1. The molecular weight excluding hydrogens is 497 g/mol. The van der Waals surface area contributed by atoms with Gasteiger partial charge < -0.3 is 21.5 Å². The zero-order valence-corrected chi connectivity index (χ0v) is 21.1. The fourth-order valence-corrected chi connectivity index (χ4v) is 5.07. The molecule has 0 saturated carbocycles. The van der Waals surface area contributed by atoms with Crippen molar-refractivity contribution in [3.8, 4) is 0 Å². The highest BCUT2D eigenvalue weighted by Crippen LogP contribution is 2.35. The lowest BCUT2D eigenvalue weighted by Gasteiger charge is -2.33. The van der Waals surface area contributed by atoms with Crippen LogP contribution in [-0.2, 0) is 16.0 Å². The lowest BCUT2D eigenvalue weighted by molar-refractivity contribution is -0.123. The van der Waals surface area contributed by atoms with Crippen LogP contribution in [0.4, 0.5) is 15.8 Å². The summed E-state index contributed by atoms with van der Waals surface area (Å²) in [6, 6.07) is 11.4. The average molecular weight is 526 g/mol. The molecule has 194 valence electrons. The third-order valence-corrected chi connectivity index (χ3v) is 7.08. The van der Waals surface area contributed by atoms with E-state index in [2.05, 4.69) is 9.69 Å². The Morgan fingerprint density at radius 2 is 1.95 bits per heavy atom. The van der Waals surface area contributed by atoms with E-state index < -0.39 is 29.6 Å². The molecule has 0 spiro atoms. The summed E-state index contributed by atoms with van der Waals surface area (Å²) in [5.41, 5.74) is 12.8. The molecule has 0 unspecified atom stereocenters. The summed E-state index contributed by atoms with van der Waals surface area (Å²) in [4.78, 5) is 40.9. The largest absolute Gasteiger partial charge is 0.395 e. The molecule has 0 bridgehead atoms. The van der Waals surface area contributed by atoms with Crippen molar-refractivity contribution in [2.45, 2.75) is 38.3 Å². The molecule has 1 aliphatic rings. The molecule has 2 heterocycles. The Labute approximate surface area is 217 Å². The van der Waals surface area contributed by atoms with Gasteiger partial charge in [-0.15, -0.1) is 0 Å². The number of nitrogens with one attached hydrogen (secondary N) is 1. The van der Waals surface area contributed by atoms with E-state index in [4.69, 9.17) is 16.2 Å². The minimum atomic E-state index is -1.18. The molecule has 3 aromatic rings. The molecule has 4 rings (SSSR count). The molecule has 1 aromatic heterocycles. The first kappa shape index (κ1) is 26.2. The second kappa shape index (κ2) is 11.5. The number of primary amides is 1. The molecule has 2 aromatic carbocycles. The van der Waals surface area contributed by atoms with Crippen molar-refractivity contribution >= 4 is 40.6 Å². The molecule has 1 fully saturated rings. The number of anilines is 2. The van der Waals surface area contributed by atoms with Gasteiger partial charge in [0.15, 0.2) is 5.69 Å². The molecular formula is C26H28FN5O4S. The van der Waals surface area contributed by atoms with Gasteiger partial charge in [0, 0.05) is 18.8 Å². The summed E-state index contributed by atoms with van der Waals surface area (Å²) in [6.45, 7) is 2.82. The molecule has 0 aliphatic carbocycles. The second-order valence-corrected chi connectivity index (χ2v) is 9.40. The molecule has 0 radical (unpaired) electrons. The zero-order chi connectivity index (χ0) is 26.5. The van der Waals surface area contributed by atoms with E-state index in [0.29, 0.717) is 24.3 Å². The van der Waals surface area contributed by atoms with E-state index in [0.717, 1.165) is 29.9 Å². The fourth-order valence-electron chi connectivity index (χ4n) is 4.33. The van der Waals surface area contributed by atoms with Gasteiger partial charge in [-0.1, -0.05) is 37.3 Å². The van der Waals surface area contributed by atoms with Crippen molar-refractivity contribution in [2.75, 3.05) is 23.8 Å². The Kier molecular flexibility index (Phi) is 8.14. The molecule has 37 heavy (non-hydrogen) atoms. The third-order valence-electron chi connectivity index (χ3n) is 6.23. The highest BCUT2D eigenvalue weighted by Gasteiger charge is 2.37. The normalized spacial score (nSPS) is 15.8. The van der Waals surface area contributed by atoms with Gasteiger partial charge in [0.1, 0.15) is 16.7 Å². The molecule has 11 heteroatoms. The Balaban J connectivity index is 1.84. The number of hydrogen-bond donors (Lipinski definition) is 3. The summed E-state index contributed by atoms with van der Waals surface area (Å²) < 4.78 is 23.4. The van der Waals surface area contributed by atoms with E-state index in [1.165, 1.54) is 29.2 Å². The maximum atomic E-state index is 14.1. The van der Waals surface area contributed by atoms with Gasteiger partial charge in [0.25, 0.3) is 11.8 Å². The Hall–Kier alpha value is -3.83. The highest BCUT2D eigenvalue weighted by molar-refractivity contribution is 7.09. The van der Waals surface area contributed by atoms with Gasteiger partial charge in [-0.05, 0) is 60.1 Å². The van der Waals surface area contributed by atoms with Crippen LogP contribution in [0.15, 0.2) is 48.5 Å². The number of carbonyl (C=O) groups is 3. The fraction of sp³-hybridized carbons (Fsp3) is 0.308. The minimum absolute atomic E-state index is 0.0289. The van der Waals surface area contributed by atoms with Crippen LogP contribution in [0.5, 0.6) is 0 Å². The molecule has 3 amide bonds. The van der Waals surface area contributed by atoms with Gasteiger partial charge in [0.05, 0.1) is 11.8 Å². The number of rotatable bonds is 9. The number of benzene rings is 2. The number of halogens is 1. The first-order chi connectivity index (χ1) is 17.8. The predicted octanol–water partition coefficient (Wildman–Crippen LogP) is 3.21. The monoisotopic (exact) mass is 525 g/mol. The maximum Gasteiger partial charge on any atom is 0.273 e. The average Bonchev–Trinajstić information content (AvgIpc) is 3.56. The quantitative estimate of drug-likeness (QED) is 0.392. The summed E-state index contributed by atoms with van der Waals surface area (Å²) in [5, 5.41) is 2.90. The molecule has 5 N–H and O–H groups in total. The van der Waals surface area contributed by atoms with Crippen molar-refractivity contribution in [2.24, 2.45) is 5.73 Å². The van der Waals surface area contributed by atoms with Crippen molar-refractivity contribution in [3.05, 3.63) is 76.0 Å². The minimum Gasteiger partial charge on any atom is -0.395 e. The number of nitrogens with two attached hydrogens (primary N) is 2. The van der Waals surface area contributed by atoms with E-state index in [-0.39, 0.29) is 28.9 Å². The van der Waals surface area contributed by atoms with Gasteiger partial charge in [-0.25, -0.2) is 4.39 Å². The summed E-state index contributed by atoms with van der Waals surface area (Å²) in [6.07, 6.45) is 2.16. The summed E-state index contributed by atoms with van der Waals surface area (Å²) in [5.74, 6) is -2.45. The topological polar surface area (TPSA) is 141 Å². The van der Waals surface area contributed by atoms with Crippen LogP contribution >= 0.6 is 11.5 Å². The first-order valence-electron chi connectivity index (χ1n) is 11.9. The van der Waals surface area contributed by atoms with E-state index in [1.54, 1.807) is 12.1 Å². The van der Waals surface area contributed by atoms with E-state index in [9.17, 15) is 18.8 Å². The van der Waals surface area contributed by atoms with Crippen molar-refractivity contribution < 1.29 is 23.5 Å². The lowest BCUT2D eigenvalue weighted by atomic mass is 10.00. The lowest BCUT2D eigenvalue weighted by Crippen LogP contribution is -2.46. The summed E-state index contributed by atoms with van der Waals surface area (Å²) in [7, 11) is 0. The smallest absolute Gasteiger partial charge is 0.273 e. The number of para-hydroxylation sites is 1. The number of nitrogens with zero attached hydrogens (tertiary/aromatic N) is 2. The third kappa shape index (κ3) is 5.62. The Bertz CT molecular complexity index is 1290. The number of aryl methyl sites for hydroxylation is 1. The van der Waals surface area contributed by atoms with Crippen LogP contribution in [-0.4, -0.2) is 41.4 Å². The standard InChI is InChI=1S/C26H28FN5O4S/c1-2-15-6-3-4-8-19(15)32(26(35)23-20(28)21(24(29)33)31-37-23)22(16-9-11-17(27)12-10-16)25(34)30-14-18-7-5-13-36-18/h3-4,6,8-12,18,22H,2,5,7,13-14,28H2,1H3,(H2,29,33)(H,30,34)/t18-,22-/m1/s1. The zero-order valence-electron chi connectivity index (χ0n) is 20.3. The number of nitrogen functional groups attached to an aromatic ring is 1. The SMILES string of the molecule is CCc1ccccc1N(C(=O)c1snc(C(N)=O)c1N)[C@@H](C(=O)NC[C@H]1CCCO1)c1ccc(F)cc1. The van der Waals surface area contributed by atoms with E-state index >= 15 is 0 Å². The molecule has 1 saturated heterocycles. The van der Waals surface area contributed by atoms with Crippen molar-refractivity contribution in [3.63, 3.8) is 0 Å². The maximum absolute atomic E-state index is 14.1. The Morgan fingerprint density at radius 3 is 2.57 bits per heavy atom. The van der Waals surface area contributed by atoms with Crippen LogP contribution in [0.25, 0.3) is 0 Å². The van der Waals surface area contributed by atoms with Crippen molar-refractivity contribution in [1.82, 2.24) is 9.69 Å². The summed E-state index contributed by atoms with van der Waals surface area (Å²) >= 11 is 0.731. The van der Waals surface area contributed by atoms with Crippen LogP contribution < -0.4 is 21.7 Å². The first-order valence-corrected chi connectivity index (χ1v) is 12.7. The van der Waals surface area contributed by atoms with E-state index in [1.807, 2.05) is 19.1 Å². The molecule has 9 nitrogen and oxygen atoms in total. The second-order valence-electron chi connectivity index (χ2n) is 8.63. The number of ether oxygens (including phenoxy) is 1. The van der Waals surface area contributed by atoms with Gasteiger partial charge >= 0.3 is 0 Å². The molecule has 1 aliphatic heterocycles. The predicted molar refractivity (Wildman–Crippen MR) is 139 cm³/mol. The molecule has 2 atom stereocenters. The number of hydrogen-bond acceptors (Lipinski definition) is 7. The number of amides is 3. The van der Waals surface area contributed by atoms with Crippen LogP contribution in [0.2, 0.25) is 0 Å². The van der Waals surface area contributed by atoms with Crippen LogP contribution in [0, 0.1) is 5.82 Å². The number of carbonyl (C=O) groups excluding carboxylic acids is 3. The van der Waals surface area contributed by atoms with Crippen molar-refractivity contribution in [1.29, 1.82) is 0 Å². The van der Waals surface area contributed by atoms with Gasteiger partial charge in [-0.2, -0.15) is 4.37 Å². The van der Waals surface area contributed by atoms with Gasteiger partial charge in [-0.3, -0.25) is 19.3 Å². The van der Waals surface area contributed by atoms with Crippen LogP contribution in [0.3, 0.4) is 0 Å². The number of aromatic nitrogens is 1. The van der Waals surface area contributed by atoms with Crippen LogP contribution in [0.1, 0.15) is 57.1 Å².